The molecular weight excluding hydrogens is 322 g/mol. The number of nitrogens with zero attached hydrogens (tertiary/aromatic N) is 3. The third-order valence-corrected chi connectivity index (χ3v) is 3.56. The van der Waals surface area contributed by atoms with E-state index in [0.29, 0.717) is 19.4 Å². The second-order valence-corrected chi connectivity index (χ2v) is 5.17. The van der Waals surface area contributed by atoms with Crippen molar-refractivity contribution in [3.05, 3.63) is 34.0 Å². The van der Waals surface area contributed by atoms with Gasteiger partial charge in [-0.05, 0) is 28.8 Å². The number of piperidine rings is 1. The number of hydrazine groups is 1. The summed E-state index contributed by atoms with van der Waals surface area (Å²) in [5.41, 5.74) is 4.44. The fourth-order valence-corrected chi connectivity index (χ4v) is 2.29. The molecule has 128 valence electrons. The van der Waals surface area contributed by atoms with E-state index in [4.69, 9.17) is 5.11 Å². The molecule has 1 fully saturated rings. The molecule has 0 saturated carbocycles. The van der Waals surface area contributed by atoms with E-state index in [1.807, 2.05) is 0 Å². The number of hydrogen-bond donors (Lipinski definition) is 3. The van der Waals surface area contributed by atoms with Crippen LogP contribution in [0, 0.1) is 16.0 Å². The summed E-state index contributed by atoms with van der Waals surface area (Å²) in [4.78, 5) is 49.2. The van der Waals surface area contributed by atoms with Crippen LogP contribution < -0.4 is 10.9 Å². The number of amides is 3. The number of carbonyl (C=O) groups excluding carboxylic acids is 2. The molecule has 1 aliphatic rings. The van der Waals surface area contributed by atoms with Gasteiger partial charge in [-0.2, -0.15) is 0 Å². The van der Waals surface area contributed by atoms with Crippen molar-refractivity contribution in [2.75, 3.05) is 13.1 Å². The van der Waals surface area contributed by atoms with Crippen molar-refractivity contribution in [1.29, 1.82) is 0 Å². The predicted octanol–water partition coefficient (Wildman–Crippen LogP) is 0.141. The molecule has 3 N–H and O–H groups in total. The summed E-state index contributed by atoms with van der Waals surface area (Å²) >= 11 is 0. The Labute approximate surface area is 135 Å². The molecule has 3 amide bonds. The number of nitro groups is 1. The highest BCUT2D eigenvalue weighted by molar-refractivity contribution is 5.95. The molecule has 11 heteroatoms. The Kier molecular flexibility index (Phi) is 5.24. The summed E-state index contributed by atoms with van der Waals surface area (Å²) in [6.07, 6.45) is 1.01. The first-order valence-electron chi connectivity index (χ1n) is 7.07. The lowest BCUT2D eigenvalue weighted by atomic mass is 9.98. The predicted molar refractivity (Wildman–Crippen MR) is 78.8 cm³/mol. The van der Waals surface area contributed by atoms with Crippen LogP contribution in [0.15, 0.2) is 18.3 Å². The minimum absolute atomic E-state index is 0.0386. The van der Waals surface area contributed by atoms with Gasteiger partial charge in [0.15, 0.2) is 6.20 Å². The van der Waals surface area contributed by atoms with Gasteiger partial charge in [-0.15, -0.1) is 0 Å². The average Bonchev–Trinajstić information content (AvgIpc) is 2.59. The van der Waals surface area contributed by atoms with E-state index in [2.05, 4.69) is 15.8 Å². The number of pyridine rings is 1. The third-order valence-electron chi connectivity index (χ3n) is 3.56. The number of nitrogens with one attached hydrogen (secondary N) is 2. The second-order valence-electron chi connectivity index (χ2n) is 5.17. The molecule has 1 atom stereocenters. The monoisotopic (exact) mass is 337 g/mol. The number of rotatable bonds is 3. The molecule has 0 spiro atoms. The van der Waals surface area contributed by atoms with Crippen molar-refractivity contribution >= 4 is 23.7 Å². The van der Waals surface area contributed by atoms with Crippen LogP contribution in [0.3, 0.4) is 0 Å². The molecule has 24 heavy (non-hydrogen) atoms. The van der Waals surface area contributed by atoms with Crippen molar-refractivity contribution in [1.82, 2.24) is 20.7 Å². The van der Waals surface area contributed by atoms with Crippen molar-refractivity contribution in [2.45, 2.75) is 12.8 Å². The summed E-state index contributed by atoms with van der Waals surface area (Å²) < 4.78 is 0. The van der Waals surface area contributed by atoms with Gasteiger partial charge in [0.2, 0.25) is 5.91 Å². The van der Waals surface area contributed by atoms with E-state index in [0.717, 1.165) is 17.2 Å². The molecule has 0 aromatic carbocycles. The molecule has 0 radical (unpaired) electrons. The lowest BCUT2D eigenvalue weighted by Gasteiger charge is -2.29. The quantitative estimate of drug-likeness (QED) is 0.523. The van der Waals surface area contributed by atoms with Crippen LogP contribution in [0.2, 0.25) is 0 Å². The molecule has 2 heterocycles. The summed E-state index contributed by atoms with van der Waals surface area (Å²) in [5.74, 6) is -2.13. The first-order valence-corrected chi connectivity index (χ1v) is 7.07. The Morgan fingerprint density at radius 3 is 2.67 bits per heavy atom. The van der Waals surface area contributed by atoms with Crippen LogP contribution in [0.4, 0.5) is 10.6 Å². The van der Waals surface area contributed by atoms with Crippen LogP contribution in [-0.2, 0) is 4.79 Å². The molecule has 0 unspecified atom stereocenters. The van der Waals surface area contributed by atoms with E-state index in [1.54, 1.807) is 0 Å². The van der Waals surface area contributed by atoms with Crippen LogP contribution in [0.25, 0.3) is 0 Å². The van der Waals surface area contributed by atoms with E-state index < -0.39 is 34.6 Å². The lowest BCUT2D eigenvalue weighted by molar-refractivity contribution is -0.389. The number of hydrogen-bond acceptors (Lipinski definition) is 6. The topological polar surface area (TPSA) is 155 Å². The zero-order valence-corrected chi connectivity index (χ0v) is 12.5. The smallest absolute Gasteiger partial charge is 0.407 e. The highest BCUT2D eigenvalue weighted by Gasteiger charge is 2.28. The number of carbonyl (C=O) groups is 3. The van der Waals surface area contributed by atoms with Crippen LogP contribution >= 0.6 is 0 Å². The fraction of sp³-hybridized carbons (Fsp3) is 0.385. The van der Waals surface area contributed by atoms with Gasteiger partial charge in [0.05, 0.1) is 11.5 Å². The Hall–Kier alpha value is -3.24. The fourth-order valence-electron chi connectivity index (χ4n) is 2.29. The summed E-state index contributed by atoms with van der Waals surface area (Å²) in [7, 11) is 0. The van der Waals surface area contributed by atoms with Gasteiger partial charge in [-0.1, -0.05) is 0 Å². The first-order chi connectivity index (χ1) is 11.4. The maximum absolute atomic E-state index is 12.0. The minimum Gasteiger partial charge on any atom is -0.465 e. The standard InChI is InChI=1S/C13H15N5O6/c19-11(8-3-4-10(14-6-8)18(23)24)15-16-12(20)9-2-1-5-17(7-9)13(21)22/h3-4,6,9H,1-2,5,7H2,(H,15,19)(H,16,20)(H,21,22)/t9-/m0/s1. The maximum atomic E-state index is 12.0. The van der Waals surface area contributed by atoms with Crippen LogP contribution in [0.1, 0.15) is 23.2 Å². The summed E-state index contributed by atoms with van der Waals surface area (Å²) in [6.45, 7) is 0.441. The van der Waals surface area contributed by atoms with Gasteiger partial charge < -0.3 is 20.1 Å². The Morgan fingerprint density at radius 2 is 2.08 bits per heavy atom. The molecule has 1 saturated heterocycles. The SMILES string of the molecule is O=C(NNC(=O)[C@H]1CCCN(C(=O)O)C1)c1ccc([N+](=O)[O-])nc1. The van der Waals surface area contributed by atoms with Gasteiger partial charge in [-0.3, -0.25) is 20.4 Å². The lowest BCUT2D eigenvalue weighted by Crippen LogP contribution is -2.49. The molecule has 2 rings (SSSR count). The van der Waals surface area contributed by atoms with Crippen molar-refractivity contribution in [2.24, 2.45) is 5.92 Å². The highest BCUT2D eigenvalue weighted by Crippen LogP contribution is 2.16. The minimum atomic E-state index is -1.09. The van der Waals surface area contributed by atoms with E-state index >= 15 is 0 Å². The molecule has 0 aliphatic carbocycles. The van der Waals surface area contributed by atoms with Gasteiger partial charge in [-0.25, -0.2) is 4.79 Å². The van der Waals surface area contributed by atoms with Crippen LogP contribution in [-0.4, -0.2) is 50.9 Å². The second kappa shape index (κ2) is 7.35. The average molecular weight is 337 g/mol. The molecule has 1 aromatic heterocycles. The van der Waals surface area contributed by atoms with E-state index in [-0.39, 0.29) is 12.1 Å². The number of aromatic nitrogens is 1. The first kappa shape index (κ1) is 17.1. The van der Waals surface area contributed by atoms with Crippen molar-refractivity contribution in [3.8, 4) is 0 Å². The van der Waals surface area contributed by atoms with Gasteiger partial charge in [0.25, 0.3) is 5.91 Å². The van der Waals surface area contributed by atoms with Gasteiger partial charge >= 0.3 is 11.9 Å². The number of likely N-dealkylation sites (tertiary alicyclic amines) is 1. The molecule has 1 aliphatic heterocycles. The zero-order valence-electron chi connectivity index (χ0n) is 12.5. The molecule has 1 aromatic rings. The largest absolute Gasteiger partial charge is 0.465 e. The summed E-state index contributed by atoms with van der Waals surface area (Å²) in [6, 6.07) is 2.28. The van der Waals surface area contributed by atoms with Crippen molar-refractivity contribution in [3.63, 3.8) is 0 Å². The maximum Gasteiger partial charge on any atom is 0.407 e. The number of carboxylic acid groups (broad SMARTS) is 1. The van der Waals surface area contributed by atoms with Gasteiger partial charge in [0, 0.05) is 19.2 Å². The Bertz CT molecular complexity index is 661. The summed E-state index contributed by atoms with van der Waals surface area (Å²) in [5, 5.41) is 19.4. The normalized spacial score (nSPS) is 17.0. The zero-order chi connectivity index (χ0) is 17.7. The highest BCUT2D eigenvalue weighted by atomic mass is 16.6. The molecular formula is C13H15N5O6. The van der Waals surface area contributed by atoms with E-state index in [1.165, 1.54) is 6.07 Å². The molecule has 0 bridgehead atoms. The van der Waals surface area contributed by atoms with Crippen molar-refractivity contribution < 1.29 is 24.4 Å². The Balaban J connectivity index is 1.87. The van der Waals surface area contributed by atoms with E-state index in [9.17, 15) is 24.5 Å². The Morgan fingerprint density at radius 1 is 1.33 bits per heavy atom. The molecule has 11 nitrogen and oxygen atoms in total. The third kappa shape index (κ3) is 4.15. The van der Waals surface area contributed by atoms with Gasteiger partial charge in [0.1, 0.15) is 0 Å². The van der Waals surface area contributed by atoms with Crippen LogP contribution in [0.5, 0.6) is 0 Å².